The summed E-state index contributed by atoms with van der Waals surface area (Å²) in [5, 5.41) is 2.55. The highest BCUT2D eigenvalue weighted by Crippen LogP contribution is 2.52. The number of allylic oxidation sites excluding steroid dienone is 2. The number of benzene rings is 7. The van der Waals surface area contributed by atoms with Gasteiger partial charge in [0.15, 0.2) is 0 Å². The van der Waals surface area contributed by atoms with Crippen molar-refractivity contribution < 1.29 is 0 Å². The van der Waals surface area contributed by atoms with E-state index in [1.165, 1.54) is 77.8 Å². The van der Waals surface area contributed by atoms with E-state index in [1.54, 1.807) is 0 Å². The second-order valence-corrected chi connectivity index (χ2v) is 13.3. The molecule has 236 valence electrons. The highest BCUT2D eigenvalue weighted by Gasteiger charge is 2.40. The molecule has 2 unspecified atom stereocenters. The highest BCUT2D eigenvalue weighted by molar-refractivity contribution is 6.15. The molecule has 0 N–H and O–H groups in total. The molecule has 50 heavy (non-hydrogen) atoms. The molecule has 2 nitrogen and oxygen atoms in total. The van der Waals surface area contributed by atoms with Gasteiger partial charge in [-0.05, 0) is 75.3 Å². The van der Waals surface area contributed by atoms with Gasteiger partial charge in [0, 0.05) is 28.1 Å². The van der Waals surface area contributed by atoms with E-state index >= 15 is 0 Å². The summed E-state index contributed by atoms with van der Waals surface area (Å²) >= 11 is 0. The lowest BCUT2D eigenvalue weighted by molar-refractivity contribution is 0.745. The van der Waals surface area contributed by atoms with Crippen molar-refractivity contribution in [2.24, 2.45) is 0 Å². The van der Waals surface area contributed by atoms with Crippen molar-refractivity contribution in [3.63, 3.8) is 0 Å². The van der Waals surface area contributed by atoms with Gasteiger partial charge in [-0.3, -0.25) is 0 Å². The summed E-state index contributed by atoms with van der Waals surface area (Å²) in [4.78, 5) is 2.58. The molecule has 1 aliphatic heterocycles. The van der Waals surface area contributed by atoms with Gasteiger partial charge in [0.05, 0.1) is 22.8 Å². The molecule has 2 heterocycles. The van der Waals surface area contributed by atoms with Crippen molar-refractivity contribution in [3.05, 3.63) is 200 Å². The lowest BCUT2D eigenvalue weighted by Gasteiger charge is -2.29. The summed E-state index contributed by atoms with van der Waals surface area (Å²) < 4.78 is 2.49. The molecule has 7 aromatic carbocycles. The minimum atomic E-state index is 0.194. The predicted molar refractivity (Wildman–Crippen MR) is 210 cm³/mol. The van der Waals surface area contributed by atoms with E-state index in [2.05, 4.69) is 204 Å². The summed E-state index contributed by atoms with van der Waals surface area (Å²) in [7, 11) is 0. The molecule has 0 saturated heterocycles. The van der Waals surface area contributed by atoms with Gasteiger partial charge in [-0.2, -0.15) is 0 Å². The van der Waals surface area contributed by atoms with Gasteiger partial charge in [-0.25, -0.2) is 0 Å². The molecule has 1 aromatic heterocycles. The van der Waals surface area contributed by atoms with E-state index in [0.717, 1.165) is 0 Å². The first-order chi connectivity index (χ1) is 24.8. The fraction of sp³-hybridized carbons (Fsp3) is 0.0417. The van der Waals surface area contributed by atoms with Gasteiger partial charge in [0.1, 0.15) is 0 Å². The molecule has 0 amide bonds. The second-order valence-electron chi connectivity index (χ2n) is 13.3. The Morgan fingerprint density at radius 1 is 0.400 bits per heavy atom. The summed E-state index contributed by atoms with van der Waals surface area (Å²) in [5.41, 5.74) is 14.8. The summed E-state index contributed by atoms with van der Waals surface area (Å²) in [6, 6.07) is 62.1. The maximum atomic E-state index is 2.58. The van der Waals surface area contributed by atoms with Gasteiger partial charge in [0.2, 0.25) is 0 Å². The molecular weight excluding hydrogens is 605 g/mol. The number of rotatable bonds is 5. The van der Waals surface area contributed by atoms with E-state index in [-0.39, 0.29) is 12.0 Å². The monoisotopic (exact) mass is 638 g/mol. The van der Waals surface area contributed by atoms with Crippen molar-refractivity contribution in [1.29, 1.82) is 0 Å². The van der Waals surface area contributed by atoms with Crippen LogP contribution in [0.4, 0.5) is 11.4 Å². The molecule has 10 rings (SSSR count). The molecule has 8 aromatic rings. The van der Waals surface area contributed by atoms with Crippen LogP contribution >= 0.6 is 0 Å². The number of fused-ring (bicyclic) bond motifs is 7. The third-order valence-electron chi connectivity index (χ3n) is 10.5. The molecule has 0 spiro atoms. The van der Waals surface area contributed by atoms with Crippen LogP contribution in [0.15, 0.2) is 194 Å². The number of anilines is 2. The average molecular weight is 639 g/mol. The molecule has 0 radical (unpaired) electrons. The topological polar surface area (TPSA) is 8.17 Å². The third kappa shape index (κ3) is 4.57. The summed E-state index contributed by atoms with van der Waals surface area (Å²) in [5.74, 6) is 0.272. The van der Waals surface area contributed by atoms with E-state index in [1.807, 2.05) is 0 Å². The second kappa shape index (κ2) is 11.6. The number of hydrogen-bond acceptors (Lipinski definition) is 1. The Balaban J connectivity index is 1.13. The quantitative estimate of drug-likeness (QED) is 0.182. The van der Waals surface area contributed by atoms with Gasteiger partial charge < -0.3 is 9.47 Å². The van der Waals surface area contributed by atoms with Crippen molar-refractivity contribution in [2.45, 2.75) is 12.0 Å². The van der Waals surface area contributed by atoms with Crippen molar-refractivity contribution >= 4 is 33.2 Å². The van der Waals surface area contributed by atoms with Crippen LogP contribution in [-0.2, 0) is 0 Å². The van der Waals surface area contributed by atoms with Crippen LogP contribution < -0.4 is 4.90 Å². The van der Waals surface area contributed by atoms with Crippen LogP contribution in [-0.4, -0.2) is 10.6 Å². The Morgan fingerprint density at radius 2 is 0.960 bits per heavy atom. The van der Waals surface area contributed by atoms with Crippen LogP contribution in [0.25, 0.3) is 60.9 Å². The molecule has 0 saturated carbocycles. The van der Waals surface area contributed by atoms with E-state index in [4.69, 9.17) is 0 Å². The lowest BCUT2D eigenvalue weighted by Crippen LogP contribution is -2.28. The molecular formula is C48H34N2. The largest absolute Gasteiger partial charge is 0.332 e. The maximum absolute atomic E-state index is 2.58. The van der Waals surface area contributed by atoms with E-state index in [9.17, 15) is 0 Å². The molecule has 0 bridgehead atoms. The maximum Gasteiger partial charge on any atom is 0.0782 e. The molecule has 0 fully saturated rings. The lowest BCUT2D eigenvalue weighted by atomic mass is 9.91. The van der Waals surface area contributed by atoms with Crippen LogP contribution in [0.1, 0.15) is 11.5 Å². The van der Waals surface area contributed by atoms with Crippen molar-refractivity contribution in [3.8, 4) is 39.1 Å². The Bertz CT molecular complexity index is 2570. The molecule has 2 aliphatic rings. The third-order valence-corrected chi connectivity index (χ3v) is 10.5. The van der Waals surface area contributed by atoms with Crippen LogP contribution in [0.5, 0.6) is 0 Å². The molecule has 2 heteroatoms. The average Bonchev–Trinajstić information content (AvgIpc) is 3.72. The van der Waals surface area contributed by atoms with Gasteiger partial charge >= 0.3 is 0 Å². The standard InChI is InChI=1S/C48H34N2/c1-3-12-33(13-4-1)35-22-26-39(27-23-35)49-45-20-9-7-18-41(45)43-30-31-44-42-19-8-10-21-46(42)50(48(44)47(43)49)40-28-24-36(25-29-40)38-17-11-16-37(32-38)34-14-5-2-6-15-34/h1-32,42,46H. The van der Waals surface area contributed by atoms with Crippen molar-refractivity contribution in [2.75, 3.05) is 4.90 Å². The summed E-state index contributed by atoms with van der Waals surface area (Å²) in [6.07, 6.45) is 9.16. The van der Waals surface area contributed by atoms with Gasteiger partial charge in [0.25, 0.3) is 0 Å². The first-order valence-electron chi connectivity index (χ1n) is 17.4. The first kappa shape index (κ1) is 28.6. The zero-order chi connectivity index (χ0) is 33.0. The number of nitrogens with zero attached hydrogens (tertiary/aromatic N) is 2. The number of para-hydroxylation sites is 1. The minimum Gasteiger partial charge on any atom is -0.332 e. The Labute approximate surface area is 292 Å². The zero-order valence-electron chi connectivity index (χ0n) is 27.5. The Morgan fingerprint density at radius 3 is 1.68 bits per heavy atom. The highest BCUT2D eigenvalue weighted by atomic mass is 15.2. The van der Waals surface area contributed by atoms with E-state index in [0.29, 0.717) is 0 Å². The Hall–Kier alpha value is -6.38. The predicted octanol–water partition coefficient (Wildman–Crippen LogP) is 12.5. The SMILES string of the molecule is C1=CC2c3ccc4c5ccccc5n(-c5ccc(-c6ccccc6)cc5)c4c3N(c3ccc(-c4cccc(-c5ccccc5)c4)cc3)C2C=C1. The minimum absolute atomic E-state index is 0.194. The smallest absolute Gasteiger partial charge is 0.0782 e. The zero-order valence-corrected chi connectivity index (χ0v) is 27.5. The molecule has 2 atom stereocenters. The van der Waals surface area contributed by atoms with Crippen molar-refractivity contribution in [1.82, 2.24) is 4.57 Å². The van der Waals surface area contributed by atoms with Crippen LogP contribution in [0.2, 0.25) is 0 Å². The fourth-order valence-corrected chi connectivity index (χ4v) is 8.18. The van der Waals surface area contributed by atoms with Gasteiger partial charge in [-0.1, -0.05) is 158 Å². The summed E-state index contributed by atoms with van der Waals surface area (Å²) in [6.45, 7) is 0. The fourth-order valence-electron chi connectivity index (χ4n) is 8.18. The normalized spacial score (nSPS) is 16.2. The first-order valence-corrected chi connectivity index (χ1v) is 17.4. The molecule has 1 aliphatic carbocycles. The number of hydrogen-bond donors (Lipinski definition) is 0. The van der Waals surface area contributed by atoms with E-state index < -0.39 is 0 Å². The van der Waals surface area contributed by atoms with Crippen LogP contribution in [0.3, 0.4) is 0 Å². The Kier molecular flexibility index (Phi) is 6.67. The van der Waals surface area contributed by atoms with Gasteiger partial charge in [-0.15, -0.1) is 0 Å². The van der Waals surface area contributed by atoms with Crippen LogP contribution in [0, 0.1) is 0 Å². The number of aromatic nitrogens is 1.